The summed E-state index contributed by atoms with van der Waals surface area (Å²) in [5, 5.41) is 3.38. The summed E-state index contributed by atoms with van der Waals surface area (Å²) in [5.41, 5.74) is 0.845. The van der Waals surface area contributed by atoms with Gasteiger partial charge < -0.3 is 10.1 Å². The fourth-order valence-electron chi connectivity index (χ4n) is 3.06. The maximum absolute atomic E-state index is 13.9. The fourth-order valence-corrected chi connectivity index (χ4v) is 3.06. The van der Waals surface area contributed by atoms with E-state index in [1.165, 1.54) is 0 Å². The van der Waals surface area contributed by atoms with Gasteiger partial charge in [-0.25, -0.2) is 4.39 Å². The van der Waals surface area contributed by atoms with E-state index < -0.39 is 0 Å². The lowest BCUT2D eigenvalue weighted by molar-refractivity contribution is 0.107. The Balaban J connectivity index is 2.20. The van der Waals surface area contributed by atoms with E-state index in [0.717, 1.165) is 31.7 Å². The molecule has 1 aromatic rings. The molecule has 1 fully saturated rings. The molecule has 2 nitrogen and oxygen atoms in total. The molecule has 3 atom stereocenters. The van der Waals surface area contributed by atoms with Crippen LogP contribution in [-0.4, -0.2) is 26.8 Å². The first-order valence-electron chi connectivity index (χ1n) is 6.68. The third kappa shape index (κ3) is 2.90. The lowest BCUT2D eigenvalue weighted by Crippen LogP contribution is -2.39. The maximum atomic E-state index is 13.9. The number of methoxy groups -OCH3 is 1. The standard InChI is InChI=1S/C15H22FNO/c1-11(10-18-2)12-7-8-17-9-14(12)13-5-3-4-6-15(13)16/h3-6,11-12,14,17H,7-10H2,1-2H3. The fraction of sp³-hybridized carbons (Fsp3) is 0.600. The molecule has 18 heavy (non-hydrogen) atoms. The first-order chi connectivity index (χ1) is 8.74. The zero-order valence-electron chi connectivity index (χ0n) is 11.2. The Hall–Kier alpha value is -0.930. The van der Waals surface area contributed by atoms with Gasteiger partial charge in [-0.05, 0) is 36.4 Å². The van der Waals surface area contributed by atoms with Gasteiger partial charge in [-0.1, -0.05) is 25.1 Å². The highest BCUT2D eigenvalue weighted by atomic mass is 19.1. The summed E-state index contributed by atoms with van der Waals surface area (Å²) in [5.74, 6) is 1.12. The minimum atomic E-state index is -0.0826. The Morgan fingerprint density at radius 2 is 2.22 bits per heavy atom. The quantitative estimate of drug-likeness (QED) is 0.888. The lowest BCUT2D eigenvalue weighted by atomic mass is 9.75. The van der Waals surface area contributed by atoms with Crippen LogP contribution in [0.2, 0.25) is 0 Å². The van der Waals surface area contributed by atoms with Crippen LogP contribution in [0.15, 0.2) is 24.3 Å². The molecule has 0 spiro atoms. The molecule has 1 aliphatic rings. The maximum Gasteiger partial charge on any atom is 0.126 e. The monoisotopic (exact) mass is 251 g/mol. The van der Waals surface area contributed by atoms with Crippen molar-refractivity contribution in [1.29, 1.82) is 0 Å². The number of halogens is 1. The van der Waals surface area contributed by atoms with Crippen LogP contribution in [0.4, 0.5) is 4.39 Å². The predicted octanol–water partition coefficient (Wildman–Crippen LogP) is 2.80. The second kappa shape index (κ2) is 6.30. The summed E-state index contributed by atoms with van der Waals surface area (Å²) in [6.45, 7) is 4.83. The van der Waals surface area contributed by atoms with Crippen molar-refractivity contribution in [3.05, 3.63) is 35.6 Å². The van der Waals surface area contributed by atoms with Gasteiger partial charge in [-0.15, -0.1) is 0 Å². The Kier molecular flexibility index (Phi) is 4.72. The highest BCUT2D eigenvalue weighted by Crippen LogP contribution is 2.35. The molecule has 0 radical (unpaired) electrons. The van der Waals surface area contributed by atoms with Gasteiger partial charge in [-0.2, -0.15) is 0 Å². The Bertz CT molecular complexity index is 383. The third-order valence-corrected chi connectivity index (χ3v) is 4.00. The van der Waals surface area contributed by atoms with E-state index in [4.69, 9.17) is 4.74 Å². The minimum absolute atomic E-state index is 0.0826. The van der Waals surface area contributed by atoms with Gasteiger partial charge in [0.05, 0.1) is 0 Å². The van der Waals surface area contributed by atoms with Crippen LogP contribution in [0.1, 0.15) is 24.8 Å². The molecule has 1 aromatic carbocycles. The highest BCUT2D eigenvalue weighted by Gasteiger charge is 2.31. The summed E-state index contributed by atoms with van der Waals surface area (Å²) in [7, 11) is 1.73. The van der Waals surface area contributed by atoms with E-state index in [1.807, 2.05) is 12.1 Å². The summed E-state index contributed by atoms with van der Waals surface area (Å²) in [6, 6.07) is 7.15. The van der Waals surface area contributed by atoms with Crippen LogP contribution in [0.5, 0.6) is 0 Å². The van der Waals surface area contributed by atoms with Crippen molar-refractivity contribution in [2.24, 2.45) is 11.8 Å². The average Bonchev–Trinajstić information content (AvgIpc) is 2.40. The molecule has 0 aromatic heterocycles. The highest BCUT2D eigenvalue weighted by molar-refractivity contribution is 5.23. The molecule has 3 heteroatoms. The first-order valence-corrected chi connectivity index (χ1v) is 6.68. The third-order valence-electron chi connectivity index (χ3n) is 4.00. The van der Waals surface area contributed by atoms with Crippen molar-refractivity contribution in [1.82, 2.24) is 5.32 Å². The van der Waals surface area contributed by atoms with E-state index in [1.54, 1.807) is 19.2 Å². The number of piperidine rings is 1. The van der Waals surface area contributed by atoms with Crippen LogP contribution in [0.25, 0.3) is 0 Å². The van der Waals surface area contributed by atoms with Crippen LogP contribution >= 0.6 is 0 Å². The van der Waals surface area contributed by atoms with E-state index in [0.29, 0.717) is 11.8 Å². The Labute approximate surface area is 109 Å². The number of rotatable bonds is 4. The van der Waals surface area contributed by atoms with E-state index in [9.17, 15) is 4.39 Å². The molecule has 0 saturated carbocycles. The zero-order chi connectivity index (χ0) is 13.0. The van der Waals surface area contributed by atoms with Crippen molar-refractivity contribution in [3.8, 4) is 0 Å². The number of benzene rings is 1. The summed E-state index contributed by atoms with van der Waals surface area (Å²) < 4.78 is 19.2. The van der Waals surface area contributed by atoms with Gasteiger partial charge in [0.1, 0.15) is 5.82 Å². The molecular formula is C15H22FNO. The van der Waals surface area contributed by atoms with Crippen molar-refractivity contribution < 1.29 is 9.13 Å². The van der Waals surface area contributed by atoms with Crippen LogP contribution in [0.3, 0.4) is 0 Å². The van der Waals surface area contributed by atoms with Crippen molar-refractivity contribution >= 4 is 0 Å². The molecule has 2 rings (SSSR count). The SMILES string of the molecule is COCC(C)C1CCNCC1c1ccccc1F. The minimum Gasteiger partial charge on any atom is -0.384 e. The number of ether oxygens (including phenoxy) is 1. The Morgan fingerprint density at radius 3 is 2.94 bits per heavy atom. The molecule has 1 saturated heterocycles. The molecule has 1 N–H and O–H groups in total. The normalized spacial score (nSPS) is 25.9. The van der Waals surface area contributed by atoms with Crippen LogP contribution in [-0.2, 0) is 4.74 Å². The summed E-state index contributed by atoms with van der Waals surface area (Å²) in [6.07, 6.45) is 1.09. The number of hydrogen-bond donors (Lipinski definition) is 1. The van der Waals surface area contributed by atoms with Crippen LogP contribution in [0, 0.1) is 17.7 Å². The largest absolute Gasteiger partial charge is 0.384 e. The van der Waals surface area contributed by atoms with Gasteiger partial charge in [0.2, 0.25) is 0 Å². The number of nitrogens with one attached hydrogen (secondary N) is 1. The molecule has 1 aliphatic heterocycles. The van der Waals surface area contributed by atoms with Gasteiger partial charge in [0, 0.05) is 26.2 Å². The van der Waals surface area contributed by atoms with Gasteiger partial charge in [0.15, 0.2) is 0 Å². The van der Waals surface area contributed by atoms with E-state index >= 15 is 0 Å². The molecule has 0 bridgehead atoms. The Morgan fingerprint density at radius 1 is 1.44 bits per heavy atom. The molecule has 0 aliphatic carbocycles. The molecular weight excluding hydrogens is 229 g/mol. The van der Waals surface area contributed by atoms with Gasteiger partial charge in [-0.3, -0.25) is 0 Å². The average molecular weight is 251 g/mol. The van der Waals surface area contributed by atoms with Crippen molar-refractivity contribution in [2.75, 3.05) is 26.8 Å². The van der Waals surface area contributed by atoms with E-state index in [-0.39, 0.29) is 11.7 Å². The molecule has 0 amide bonds. The smallest absolute Gasteiger partial charge is 0.126 e. The molecule has 100 valence electrons. The van der Waals surface area contributed by atoms with Crippen molar-refractivity contribution in [2.45, 2.75) is 19.3 Å². The number of hydrogen-bond acceptors (Lipinski definition) is 2. The first kappa shape index (κ1) is 13.5. The topological polar surface area (TPSA) is 21.3 Å². The van der Waals surface area contributed by atoms with Gasteiger partial charge >= 0.3 is 0 Å². The van der Waals surface area contributed by atoms with E-state index in [2.05, 4.69) is 12.2 Å². The molecule has 3 unspecified atom stereocenters. The zero-order valence-corrected chi connectivity index (χ0v) is 11.2. The predicted molar refractivity (Wildman–Crippen MR) is 71.2 cm³/mol. The second-order valence-corrected chi connectivity index (χ2v) is 5.22. The summed E-state index contributed by atoms with van der Waals surface area (Å²) >= 11 is 0. The van der Waals surface area contributed by atoms with Crippen LogP contribution < -0.4 is 5.32 Å². The second-order valence-electron chi connectivity index (χ2n) is 5.22. The van der Waals surface area contributed by atoms with Gasteiger partial charge in [0.25, 0.3) is 0 Å². The molecule has 1 heterocycles. The van der Waals surface area contributed by atoms with Crippen molar-refractivity contribution in [3.63, 3.8) is 0 Å². The summed E-state index contributed by atoms with van der Waals surface area (Å²) in [4.78, 5) is 0. The lowest BCUT2D eigenvalue weighted by Gasteiger charge is -2.36.